The molecular formula is C14H21N3O4. The minimum absolute atomic E-state index is 0.0238. The Morgan fingerprint density at radius 1 is 1.38 bits per heavy atom. The molecule has 0 aliphatic heterocycles. The van der Waals surface area contributed by atoms with E-state index in [4.69, 9.17) is 20.4 Å². The maximum atomic E-state index is 12.6. The molecule has 0 aliphatic carbocycles. The fourth-order valence-corrected chi connectivity index (χ4v) is 1.90. The van der Waals surface area contributed by atoms with Crippen molar-refractivity contribution < 1.29 is 19.5 Å². The van der Waals surface area contributed by atoms with Crippen LogP contribution >= 0.6 is 0 Å². The molecule has 0 radical (unpaired) electrons. The molecule has 21 heavy (non-hydrogen) atoms. The van der Waals surface area contributed by atoms with Gasteiger partial charge in [-0.3, -0.25) is 4.79 Å². The molecule has 7 heteroatoms. The van der Waals surface area contributed by atoms with Crippen LogP contribution in [0, 0.1) is 0 Å². The number of oxime groups is 1. The van der Waals surface area contributed by atoms with E-state index in [-0.39, 0.29) is 18.3 Å². The van der Waals surface area contributed by atoms with Gasteiger partial charge in [0.15, 0.2) is 5.84 Å². The zero-order valence-electron chi connectivity index (χ0n) is 12.5. The van der Waals surface area contributed by atoms with Gasteiger partial charge in [-0.2, -0.15) is 0 Å². The van der Waals surface area contributed by atoms with Crippen molar-refractivity contribution in [2.75, 3.05) is 27.3 Å². The topological polar surface area (TPSA) is 97.4 Å². The third-order valence-corrected chi connectivity index (χ3v) is 2.90. The van der Waals surface area contributed by atoms with Crippen molar-refractivity contribution in [1.29, 1.82) is 0 Å². The summed E-state index contributed by atoms with van der Waals surface area (Å²) in [6.45, 7) is 2.49. The highest BCUT2D eigenvalue weighted by Crippen LogP contribution is 2.25. The van der Waals surface area contributed by atoms with Crippen LogP contribution in [0.3, 0.4) is 0 Å². The van der Waals surface area contributed by atoms with Crippen LogP contribution in [0.25, 0.3) is 0 Å². The number of amides is 1. The van der Waals surface area contributed by atoms with Crippen LogP contribution in [0.4, 0.5) is 0 Å². The van der Waals surface area contributed by atoms with E-state index >= 15 is 0 Å². The van der Waals surface area contributed by atoms with Crippen LogP contribution in [0.15, 0.2) is 23.4 Å². The molecule has 0 bridgehead atoms. The second kappa shape index (κ2) is 7.98. The van der Waals surface area contributed by atoms with E-state index in [1.807, 2.05) is 6.92 Å². The van der Waals surface area contributed by atoms with Crippen molar-refractivity contribution in [3.05, 3.63) is 23.8 Å². The number of carbonyl (C=O) groups is 1. The molecule has 0 saturated carbocycles. The van der Waals surface area contributed by atoms with Gasteiger partial charge < -0.3 is 25.3 Å². The summed E-state index contributed by atoms with van der Waals surface area (Å²) in [5.41, 5.74) is 5.89. The van der Waals surface area contributed by atoms with Gasteiger partial charge in [-0.15, -0.1) is 0 Å². The van der Waals surface area contributed by atoms with Crippen LogP contribution < -0.4 is 15.2 Å². The Balaban J connectivity index is 3.08. The fraction of sp³-hybridized carbons (Fsp3) is 0.429. The Hall–Kier alpha value is -2.44. The van der Waals surface area contributed by atoms with E-state index in [0.717, 1.165) is 6.42 Å². The van der Waals surface area contributed by atoms with E-state index < -0.39 is 0 Å². The van der Waals surface area contributed by atoms with Gasteiger partial charge in [-0.05, 0) is 18.6 Å². The number of carbonyl (C=O) groups excluding carboxylic acids is 1. The molecular weight excluding hydrogens is 274 g/mol. The fourth-order valence-electron chi connectivity index (χ4n) is 1.90. The average Bonchev–Trinajstić information content (AvgIpc) is 2.52. The average molecular weight is 295 g/mol. The van der Waals surface area contributed by atoms with Crippen LogP contribution in [-0.2, 0) is 0 Å². The lowest BCUT2D eigenvalue weighted by Crippen LogP contribution is -2.39. The number of amidine groups is 1. The molecule has 7 nitrogen and oxygen atoms in total. The number of rotatable bonds is 7. The molecule has 1 aromatic rings. The first-order valence-corrected chi connectivity index (χ1v) is 6.55. The summed E-state index contributed by atoms with van der Waals surface area (Å²) in [6.07, 6.45) is 0.753. The minimum Gasteiger partial charge on any atom is -0.497 e. The van der Waals surface area contributed by atoms with Crippen molar-refractivity contribution in [2.45, 2.75) is 13.3 Å². The Labute approximate surface area is 123 Å². The molecule has 0 aromatic heterocycles. The summed E-state index contributed by atoms with van der Waals surface area (Å²) in [7, 11) is 3.03. The normalized spacial score (nSPS) is 11.1. The third-order valence-electron chi connectivity index (χ3n) is 2.90. The molecule has 0 spiro atoms. The third kappa shape index (κ3) is 4.27. The van der Waals surface area contributed by atoms with Crippen molar-refractivity contribution in [1.82, 2.24) is 4.90 Å². The number of hydrogen-bond donors (Lipinski definition) is 2. The Bertz CT molecular complexity index is 517. The smallest absolute Gasteiger partial charge is 0.258 e. The summed E-state index contributed by atoms with van der Waals surface area (Å²) in [5.74, 6) is 0.745. The highest BCUT2D eigenvalue weighted by atomic mass is 16.5. The zero-order valence-corrected chi connectivity index (χ0v) is 12.5. The number of nitrogens with two attached hydrogens (primary N) is 1. The lowest BCUT2D eigenvalue weighted by molar-refractivity contribution is 0.0775. The molecule has 1 amide bonds. The maximum absolute atomic E-state index is 12.6. The van der Waals surface area contributed by atoms with E-state index in [1.54, 1.807) is 18.2 Å². The Morgan fingerprint density at radius 2 is 2.10 bits per heavy atom. The lowest BCUT2D eigenvalue weighted by atomic mass is 10.1. The first-order chi connectivity index (χ1) is 10.1. The van der Waals surface area contributed by atoms with Gasteiger partial charge in [-0.25, -0.2) is 0 Å². The zero-order chi connectivity index (χ0) is 15.8. The summed E-state index contributed by atoms with van der Waals surface area (Å²) in [4.78, 5) is 14.1. The molecule has 0 atom stereocenters. The maximum Gasteiger partial charge on any atom is 0.258 e. The predicted molar refractivity (Wildman–Crippen MR) is 79.1 cm³/mol. The number of hydrogen-bond acceptors (Lipinski definition) is 5. The molecule has 0 saturated heterocycles. The monoisotopic (exact) mass is 295 g/mol. The number of nitrogens with zero attached hydrogens (tertiary/aromatic N) is 2. The van der Waals surface area contributed by atoms with Gasteiger partial charge in [0.1, 0.15) is 11.5 Å². The molecule has 1 aromatic carbocycles. The lowest BCUT2D eigenvalue weighted by Gasteiger charge is -2.22. The molecule has 1 rings (SSSR count). The van der Waals surface area contributed by atoms with Crippen molar-refractivity contribution in [3.8, 4) is 11.5 Å². The predicted octanol–water partition coefficient (Wildman–Crippen LogP) is 1.30. The molecule has 0 aliphatic rings. The second-order valence-corrected chi connectivity index (χ2v) is 4.38. The van der Waals surface area contributed by atoms with E-state index in [9.17, 15) is 4.79 Å². The first-order valence-electron chi connectivity index (χ1n) is 6.55. The quantitative estimate of drug-likeness (QED) is 0.342. The minimum atomic E-state index is -0.247. The summed E-state index contributed by atoms with van der Waals surface area (Å²) in [5, 5.41) is 11.6. The van der Waals surface area contributed by atoms with Gasteiger partial charge >= 0.3 is 0 Å². The number of methoxy groups -OCH3 is 2. The molecule has 0 fully saturated rings. The Kier molecular flexibility index (Phi) is 6.32. The second-order valence-electron chi connectivity index (χ2n) is 4.38. The largest absolute Gasteiger partial charge is 0.497 e. The standard InChI is InChI=1S/C14H21N3O4/c1-4-7-17(9-13(15)16-19)14(18)11-6-5-10(20-2)8-12(11)21-3/h5-6,8,19H,4,7,9H2,1-3H3,(H2,15,16). The van der Waals surface area contributed by atoms with E-state index in [2.05, 4.69) is 5.16 Å². The van der Waals surface area contributed by atoms with Crippen molar-refractivity contribution in [3.63, 3.8) is 0 Å². The van der Waals surface area contributed by atoms with Crippen LogP contribution in [0.2, 0.25) is 0 Å². The summed E-state index contributed by atoms with van der Waals surface area (Å²) >= 11 is 0. The Morgan fingerprint density at radius 3 is 2.62 bits per heavy atom. The van der Waals surface area contributed by atoms with Gasteiger partial charge in [0.05, 0.1) is 26.3 Å². The molecule has 0 unspecified atom stereocenters. The SMILES string of the molecule is CCCN(CC(N)=NO)C(=O)c1ccc(OC)cc1OC. The summed E-state index contributed by atoms with van der Waals surface area (Å²) in [6, 6.07) is 4.96. The van der Waals surface area contributed by atoms with E-state index in [0.29, 0.717) is 23.6 Å². The van der Waals surface area contributed by atoms with Gasteiger partial charge in [-0.1, -0.05) is 12.1 Å². The molecule has 3 N–H and O–H groups in total. The number of ether oxygens (including phenoxy) is 2. The van der Waals surface area contributed by atoms with Crippen molar-refractivity contribution >= 4 is 11.7 Å². The summed E-state index contributed by atoms with van der Waals surface area (Å²) < 4.78 is 10.3. The van der Waals surface area contributed by atoms with Gasteiger partial charge in [0, 0.05) is 12.6 Å². The van der Waals surface area contributed by atoms with Crippen molar-refractivity contribution in [2.24, 2.45) is 10.9 Å². The van der Waals surface area contributed by atoms with Gasteiger partial charge in [0.2, 0.25) is 0 Å². The van der Waals surface area contributed by atoms with Crippen LogP contribution in [0.5, 0.6) is 11.5 Å². The molecule has 0 heterocycles. The van der Waals surface area contributed by atoms with Crippen LogP contribution in [0.1, 0.15) is 23.7 Å². The van der Waals surface area contributed by atoms with Crippen LogP contribution in [-0.4, -0.2) is 49.2 Å². The highest BCUT2D eigenvalue weighted by Gasteiger charge is 2.20. The highest BCUT2D eigenvalue weighted by molar-refractivity contribution is 5.99. The molecule has 116 valence electrons. The van der Waals surface area contributed by atoms with E-state index in [1.165, 1.54) is 19.1 Å². The number of benzene rings is 1. The van der Waals surface area contributed by atoms with Gasteiger partial charge in [0.25, 0.3) is 5.91 Å². The first kappa shape index (κ1) is 16.6.